The maximum Gasteiger partial charge on any atom is 0.318 e. The SMILES string of the molecule is CC/C=C/NC(=O)NC(C)CC. The molecular weight excluding hydrogens is 152 g/mol. The van der Waals surface area contributed by atoms with E-state index in [0.717, 1.165) is 12.8 Å². The molecule has 0 aliphatic rings. The van der Waals surface area contributed by atoms with Crippen LogP contribution in [-0.4, -0.2) is 12.1 Å². The lowest BCUT2D eigenvalue weighted by molar-refractivity contribution is 0.241. The molecule has 3 nitrogen and oxygen atoms in total. The molecule has 0 aromatic heterocycles. The average molecular weight is 170 g/mol. The number of carbonyl (C=O) groups excluding carboxylic acids is 1. The van der Waals surface area contributed by atoms with E-state index >= 15 is 0 Å². The molecule has 0 spiro atoms. The van der Waals surface area contributed by atoms with Crippen molar-refractivity contribution in [2.45, 2.75) is 39.7 Å². The second-order valence-corrected chi connectivity index (χ2v) is 2.74. The van der Waals surface area contributed by atoms with E-state index in [4.69, 9.17) is 0 Å². The maximum atomic E-state index is 11.0. The molecule has 0 heterocycles. The second-order valence-electron chi connectivity index (χ2n) is 2.74. The lowest BCUT2D eigenvalue weighted by Gasteiger charge is -2.10. The molecule has 0 aliphatic carbocycles. The van der Waals surface area contributed by atoms with Gasteiger partial charge in [-0.3, -0.25) is 0 Å². The molecule has 0 bridgehead atoms. The third kappa shape index (κ3) is 5.77. The second kappa shape index (κ2) is 6.70. The van der Waals surface area contributed by atoms with Crippen LogP contribution >= 0.6 is 0 Å². The Morgan fingerprint density at radius 2 is 2.17 bits per heavy atom. The van der Waals surface area contributed by atoms with Gasteiger partial charge in [0, 0.05) is 12.2 Å². The van der Waals surface area contributed by atoms with Crippen LogP contribution in [0.25, 0.3) is 0 Å². The Labute approximate surface area is 74.2 Å². The van der Waals surface area contributed by atoms with Crippen LogP contribution in [0.4, 0.5) is 4.79 Å². The van der Waals surface area contributed by atoms with E-state index in [9.17, 15) is 4.79 Å². The maximum absolute atomic E-state index is 11.0. The molecule has 0 fully saturated rings. The number of carbonyl (C=O) groups is 1. The summed E-state index contributed by atoms with van der Waals surface area (Å²) in [6, 6.07) is 0.106. The van der Waals surface area contributed by atoms with Gasteiger partial charge in [-0.15, -0.1) is 0 Å². The van der Waals surface area contributed by atoms with Crippen molar-refractivity contribution in [2.24, 2.45) is 0 Å². The van der Waals surface area contributed by atoms with Gasteiger partial charge in [-0.2, -0.15) is 0 Å². The Morgan fingerprint density at radius 1 is 1.50 bits per heavy atom. The highest BCUT2D eigenvalue weighted by atomic mass is 16.2. The molecule has 2 N–H and O–H groups in total. The van der Waals surface area contributed by atoms with Crippen LogP contribution in [0, 0.1) is 0 Å². The van der Waals surface area contributed by atoms with Gasteiger partial charge in [0.25, 0.3) is 0 Å². The molecule has 1 atom stereocenters. The van der Waals surface area contributed by atoms with E-state index in [-0.39, 0.29) is 12.1 Å². The number of hydrogen-bond donors (Lipinski definition) is 2. The highest BCUT2D eigenvalue weighted by molar-refractivity contribution is 5.75. The molecule has 0 aromatic rings. The first-order chi connectivity index (χ1) is 5.70. The fourth-order valence-corrected chi connectivity index (χ4v) is 0.620. The molecule has 1 unspecified atom stereocenters. The number of urea groups is 1. The Balaban J connectivity index is 3.52. The topological polar surface area (TPSA) is 41.1 Å². The third-order valence-electron chi connectivity index (χ3n) is 1.56. The summed E-state index contributed by atoms with van der Waals surface area (Å²) in [6.45, 7) is 6.03. The van der Waals surface area contributed by atoms with Crippen LogP contribution in [0.5, 0.6) is 0 Å². The zero-order valence-corrected chi connectivity index (χ0v) is 8.05. The van der Waals surface area contributed by atoms with Crippen LogP contribution < -0.4 is 10.6 Å². The van der Waals surface area contributed by atoms with E-state index < -0.39 is 0 Å². The van der Waals surface area contributed by atoms with Crippen molar-refractivity contribution in [1.29, 1.82) is 0 Å². The lowest BCUT2D eigenvalue weighted by Crippen LogP contribution is -2.38. The predicted molar refractivity (Wildman–Crippen MR) is 50.9 cm³/mol. The van der Waals surface area contributed by atoms with Crippen molar-refractivity contribution in [2.75, 3.05) is 0 Å². The van der Waals surface area contributed by atoms with Gasteiger partial charge in [0.2, 0.25) is 0 Å². The summed E-state index contributed by atoms with van der Waals surface area (Å²) in [5, 5.41) is 5.41. The molecule has 2 amide bonds. The van der Waals surface area contributed by atoms with E-state index in [1.54, 1.807) is 6.20 Å². The van der Waals surface area contributed by atoms with Gasteiger partial charge in [-0.1, -0.05) is 19.9 Å². The summed E-state index contributed by atoms with van der Waals surface area (Å²) in [7, 11) is 0. The van der Waals surface area contributed by atoms with Crippen molar-refractivity contribution in [1.82, 2.24) is 10.6 Å². The zero-order valence-electron chi connectivity index (χ0n) is 8.05. The molecule has 0 rings (SSSR count). The lowest BCUT2D eigenvalue weighted by atomic mass is 10.3. The van der Waals surface area contributed by atoms with E-state index in [2.05, 4.69) is 10.6 Å². The summed E-state index contributed by atoms with van der Waals surface area (Å²) in [5.41, 5.74) is 0. The minimum absolute atomic E-state index is 0.131. The molecule has 0 saturated heterocycles. The molecular formula is C9H18N2O. The van der Waals surface area contributed by atoms with Crippen LogP contribution in [0.2, 0.25) is 0 Å². The van der Waals surface area contributed by atoms with Gasteiger partial charge < -0.3 is 10.6 Å². The van der Waals surface area contributed by atoms with E-state index in [1.807, 2.05) is 26.8 Å². The first-order valence-electron chi connectivity index (χ1n) is 4.42. The Hall–Kier alpha value is -0.990. The highest BCUT2D eigenvalue weighted by Gasteiger charge is 2.01. The average Bonchev–Trinajstić information content (AvgIpc) is 2.05. The molecule has 12 heavy (non-hydrogen) atoms. The van der Waals surface area contributed by atoms with Gasteiger partial charge in [-0.05, 0) is 19.8 Å². The van der Waals surface area contributed by atoms with Crippen molar-refractivity contribution < 1.29 is 4.79 Å². The number of amides is 2. The van der Waals surface area contributed by atoms with Gasteiger partial charge >= 0.3 is 6.03 Å². The van der Waals surface area contributed by atoms with Gasteiger partial charge in [0.1, 0.15) is 0 Å². The van der Waals surface area contributed by atoms with E-state index in [0.29, 0.717) is 0 Å². The molecule has 70 valence electrons. The summed E-state index contributed by atoms with van der Waals surface area (Å²) >= 11 is 0. The minimum atomic E-state index is -0.131. The first-order valence-corrected chi connectivity index (χ1v) is 4.42. The largest absolute Gasteiger partial charge is 0.335 e. The Morgan fingerprint density at radius 3 is 2.67 bits per heavy atom. The molecule has 3 heteroatoms. The van der Waals surface area contributed by atoms with Crippen molar-refractivity contribution in [3.05, 3.63) is 12.3 Å². The van der Waals surface area contributed by atoms with Gasteiger partial charge in [0.05, 0.1) is 0 Å². The molecule has 0 aliphatic heterocycles. The smallest absolute Gasteiger partial charge is 0.318 e. The van der Waals surface area contributed by atoms with Gasteiger partial charge in [0.15, 0.2) is 0 Å². The molecule has 0 radical (unpaired) electrons. The quantitative estimate of drug-likeness (QED) is 0.665. The van der Waals surface area contributed by atoms with Crippen LogP contribution in [-0.2, 0) is 0 Å². The summed E-state index contributed by atoms with van der Waals surface area (Å²) < 4.78 is 0. The Bertz CT molecular complexity index is 155. The van der Waals surface area contributed by atoms with Gasteiger partial charge in [-0.25, -0.2) is 4.79 Å². The summed E-state index contributed by atoms with van der Waals surface area (Å²) in [5.74, 6) is 0. The number of rotatable bonds is 4. The summed E-state index contributed by atoms with van der Waals surface area (Å²) in [4.78, 5) is 11.0. The number of allylic oxidation sites excluding steroid dienone is 1. The van der Waals surface area contributed by atoms with Crippen molar-refractivity contribution >= 4 is 6.03 Å². The molecule has 0 aromatic carbocycles. The normalized spacial score (nSPS) is 12.9. The van der Waals surface area contributed by atoms with Crippen LogP contribution in [0.15, 0.2) is 12.3 Å². The third-order valence-corrected chi connectivity index (χ3v) is 1.56. The fourth-order valence-electron chi connectivity index (χ4n) is 0.620. The highest BCUT2D eigenvalue weighted by Crippen LogP contribution is 1.86. The van der Waals surface area contributed by atoms with Crippen LogP contribution in [0.3, 0.4) is 0 Å². The predicted octanol–water partition coefficient (Wildman–Crippen LogP) is 2.01. The van der Waals surface area contributed by atoms with Crippen molar-refractivity contribution in [3.63, 3.8) is 0 Å². The molecule has 0 saturated carbocycles. The monoisotopic (exact) mass is 170 g/mol. The number of hydrogen-bond acceptors (Lipinski definition) is 1. The fraction of sp³-hybridized carbons (Fsp3) is 0.667. The standard InChI is InChI=1S/C9H18N2O/c1-4-6-7-10-9(12)11-8(3)5-2/h6-8H,4-5H2,1-3H3,(H2,10,11,12)/b7-6+. The zero-order chi connectivity index (χ0) is 9.40. The minimum Gasteiger partial charge on any atom is -0.335 e. The van der Waals surface area contributed by atoms with Crippen LogP contribution in [0.1, 0.15) is 33.6 Å². The first kappa shape index (κ1) is 11.0. The number of nitrogens with one attached hydrogen (secondary N) is 2. The summed E-state index contributed by atoms with van der Waals surface area (Å²) in [6.07, 6.45) is 5.45. The van der Waals surface area contributed by atoms with E-state index in [1.165, 1.54) is 0 Å². The Kier molecular flexibility index (Phi) is 6.15. The van der Waals surface area contributed by atoms with Crippen molar-refractivity contribution in [3.8, 4) is 0 Å².